The van der Waals surface area contributed by atoms with E-state index in [4.69, 9.17) is 11.6 Å². The molecule has 0 fully saturated rings. The Bertz CT molecular complexity index is 455. The average Bonchev–Trinajstić information content (AvgIpc) is 2.53. The van der Waals surface area contributed by atoms with Gasteiger partial charge in [-0.2, -0.15) is 0 Å². The molecule has 1 amide bonds. The van der Waals surface area contributed by atoms with Crippen molar-refractivity contribution in [2.24, 2.45) is 0 Å². The van der Waals surface area contributed by atoms with E-state index in [0.717, 1.165) is 11.3 Å². The molecule has 0 aliphatic heterocycles. The molecule has 0 aliphatic carbocycles. The highest BCUT2D eigenvalue weighted by Crippen LogP contribution is 2.37. The summed E-state index contributed by atoms with van der Waals surface area (Å²) in [6, 6.07) is 0.434. The van der Waals surface area contributed by atoms with E-state index in [9.17, 15) is 14.7 Å². The molecule has 4 nitrogen and oxygen atoms in total. The van der Waals surface area contributed by atoms with Crippen molar-refractivity contribution in [2.75, 3.05) is 0 Å². The van der Waals surface area contributed by atoms with Gasteiger partial charge < -0.3 is 10.0 Å². The van der Waals surface area contributed by atoms with Crippen LogP contribution in [0.4, 0.5) is 0 Å². The predicted molar refractivity (Wildman–Crippen MR) is 75.1 cm³/mol. The summed E-state index contributed by atoms with van der Waals surface area (Å²) in [6.07, 6.45) is 0. The van der Waals surface area contributed by atoms with Gasteiger partial charge in [0.25, 0.3) is 0 Å². The zero-order chi connectivity index (χ0) is 14.0. The van der Waals surface area contributed by atoms with Crippen molar-refractivity contribution in [3.63, 3.8) is 0 Å². The molecule has 1 aromatic rings. The summed E-state index contributed by atoms with van der Waals surface area (Å²) in [5.41, 5.74) is 0. The number of carbonyl (C=O) groups excluding carboxylic acids is 1. The van der Waals surface area contributed by atoms with E-state index in [1.807, 2.05) is 0 Å². The third-order valence-corrected chi connectivity index (χ3v) is 4.89. The summed E-state index contributed by atoms with van der Waals surface area (Å²) in [6.45, 7) is 4.92. The van der Waals surface area contributed by atoms with Gasteiger partial charge in [0.1, 0.15) is 4.34 Å². The number of nitrogens with zero attached hydrogens (tertiary/aromatic N) is 1. The SMILES string of the molecule is CC(=O)N(C(C)C)C(C(=O)O)c1cc(Br)c(Cl)s1. The molecule has 18 heavy (non-hydrogen) atoms. The number of rotatable bonds is 4. The number of carboxylic acids is 1. The molecule has 0 saturated heterocycles. The number of carboxylic acid groups (broad SMARTS) is 1. The van der Waals surface area contributed by atoms with Gasteiger partial charge >= 0.3 is 5.97 Å². The molecule has 0 radical (unpaired) electrons. The average molecular weight is 355 g/mol. The maximum absolute atomic E-state index is 11.6. The van der Waals surface area contributed by atoms with Crippen LogP contribution in [0.15, 0.2) is 10.5 Å². The van der Waals surface area contributed by atoms with Crippen LogP contribution in [0.1, 0.15) is 31.7 Å². The molecule has 0 spiro atoms. The Kier molecular flexibility index (Phi) is 5.19. The van der Waals surface area contributed by atoms with E-state index >= 15 is 0 Å². The van der Waals surface area contributed by atoms with Gasteiger partial charge in [-0.25, -0.2) is 4.79 Å². The van der Waals surface area contributed by atoms with Crippen LogP contribution >= 0.6 is 38.9 Å². The standard InChI is InChI=1S/C11H13BrClNO3S/c1-5(2)14(6(3)15)9(11(16)17)8-4-7(12)10(13)18-8/h4-5,9H,1-3H3,(H,16,17). The largest absolute Gasteiger partial charge is 0.479 e. The van der Waals surface area contributed by atoms with E-state index in [1.165, 1.54) is 11.8 Å². The Morgan fingerprint density at radius 1 is 1.50 bits per heavy atom. The van der Waals surface area contributed by atoms with E-state index in [-0.39, 0.29) is 11.9 Å². The maximum atomic E-state index is 11.6. The minimum atomic E-state index is -1.07. The Hall–Kier alpha value is -0.590. The lowest BCUT2D eigenvalue weighted by atomic mass is 10.1. The minimum absolute atomic E-state index is 0.205. The van der Waals surface area contributed by atoms with Crippen LogP contribution in [0.5, 0.6) is 0 Å². The fraction of sp³-hybridized carbons (Fsp3) is 0.455. The van der Waals surface area contributed by atoms with Gasteiger partial charge in [-0.15, -0.1) is 11.3 Å². The highest BCUT2D eigenvalue weighted by atomic mass is 79.9. The smallest absolute Gasteiger partial charge is 0.331 e. The number of amides is 1. The first-order chi connectivity index (χ1) is 8.25. The number of carbonyl (C=O) groups is 2. The molecule has 1 N–H and O–H groups in total. The lowest BCUT2D eigenvalue weighted by Crippen LogP contribution is -2.41. The lowest BCUT2D eigenvalue weighted by Gasteiger charge is -2.30. The van der Waals surface area contributed by atoms with Crippen LogP contribution in [0.3, 0.4) is 0 Å². The van der Waals surface area contributed by atoms with Crippen molar-refractivity contribution in [1.29, 1.82) is 0 Å². The van der Waals surface area contributed by atoms with Crippen LogP contribution in [0.25, 0.3) is 0 Å². The summed E-state index contributed by atoms with van der Waals surface area (Å²) >= 11 is 10.3. The fourth-order valence-electron chi connectivity index (χ4n) is 1.72. The fourth-order valence-corrected chi connectivity index (χ4v) is 3.55. The number of halogens is 2. The third-order valence-electron chi connectivity index (χ3n) is 2.37. The van der Waals surface area contributed by atoms with E-state index in [2.05, 4.69) is 15.9 Å². The van der Waals surface area contributed by atoms with Crippen molar-refractivity contribution >= 4 is 50.7 Å². The molecule has 1 unspecified atom stereocenters. The van der Waals surface area contributed by atoms with Crippen molar-refractivity contribution < 1.29 is 14.7 Å². The molecule has 0 aromatic carbocycles. The number of thiophene rings is 1. The third kappa shape index (κ3) is 3.24. The second-order valence-corrected chi connectivity index (χ2v) is 6.57. The van der Waals surface area contributed by atoms with Crippen LogP contribution in [-0.4, -0.2) is 27.9 Å². The van der Waals surface area contributed by atoms with E-state index < -0.39 is 12.0 Å². The van der Waals surface area contributed by atoms with Gasteiger partial charge in [-0.1, -0.05) is 11.6 Å². The minimum Gasteiger partial charge on any atom is -0.479 e. The quantitative estimate of drug-likeness (QED) is 0.899. The Morgan fingerprint density at radius 2 is 2.06 bits per heavy atom. The van der Waals surface area contributed by atoms with Crippen LogP contribution in [-0.2, 0) is 9.59 Å². The number of hydrogen-bond acceptors (Lipinski definition) is 3. The molecule has 0 bridgehead atoms. The van der Waals surface area contributed by atoms with Gasteiger partial charge in [-0.05, 0) is 35.8 Å². The van der Waals surface area contributed by atoms with Crippen LogP contribution < -0.4 is 0 Å². The van der Waals surface area contributed by atoms with Crippen molar-refractivity contribution in [3.8, 4) is 0 Å². The second kappa shape index (κ2) is 6.04. The molecule has 1 aromatic heterocycles. The van der Waals surface area contributed by atoms with Gasteiger partial charge in [0, 0.05) is 22.3 Å². The molecule has 100 valence electrons. The predicted octanol–water partition coefficient (Wildman–Crippen LogP) is 3.55. The van der Waals surface area contributed by atoms with E-state index in [1.54, 1.807) is 19.9 Å². The topological polar surface area (TPSA) is 57.6 Å². The zero-order valence-corrected chi connectivity index (χ0v) is 13.3. The van der Waals surface area contributed by atoms with Crippen molar-refractivity contribution in [3.05, 3.63) is 19.8 Å². The summed E-state index contributed by atoms with van der Waals surface area (Å²) < 4.78 is 1.12. The Labute approximate surface area is 123 Å². The van der Waals surface area contributed by atoms with Gasteiger partial charge in [0.05, 0.1) is 0 Å². The highest BCUT2D eigenvalue weighted by Gasteiger charge is 2.33. The van der Waals surface area contributed by atoms with E-state index in [0.29, 0.717) is 13.7 Å². The first kappa shape index (κ1) is 15.5. The molecule has 0 saturated carbocycles. The molecular weight excluding hydrogens is 342 g/mol. The number of hydrogen-bond donors (Lipinski definition) is 1. The Morgan fingerprint density at radius 3 is 2.33 bits per heavy atom. The zero-order valence-electron chi connectivity index (χ0n) is 10.1. The van der Waals surface area contributed by atoms with Crippen molar-refractivity contribution in [1.82, 2.24) is 4.90 Å². The molecule has 1 atom stereocenters. The van der Waals surface area contributed by atoms with Crippen molar-refractivity contribution in [2.45, 2.75) is 32.9 Å². The lowest BCUT2D eigenvalue weighted by molar-refractivity contribution is -0.151. The van der Waals surface area contributed by atoms with Gasteiger partial charge in [0.2, 0.25) is 5.91 Å². The highest BCUT2D eigenvalue weighted by molar-refractivity contribution is 9.10. The maximum Gasteiger partial charge on any atom is 0.331 e. The summed E-state index contributed by atoms with van der Waals surface area (Å²) in [5, 5.41) is 9.35. The number of aliphatic carboxylic acids is 1. The van der Waals surface area contributed by atoms with Crippen LogP contribution in [0.2, 0.25) is 4.34 Å². The summed E-state index contributed by atoms with van der Waals surface area (Å²) in [5.74, 6) is -1.35. The first-order valence-electron chi connectivity index (χ1n) is 5.22. The second-order valence-electron chi connectivity index (χ2n) is 4.03. The van der Waals surface area contributed by atoms with Gasteiger partial charge in [-0.3, -0.25) is 4.79 Å². The molecule has 7 heteroatoms. The molecular formula is C11H13BrClNO3S. The van der Waals surface area contributed by atoms with Gasteiger partial charge in [0.15, 0.2) is 6.04 Å². The summed E-state index contributed by atoms with van der Waals surface area (Å²) in [7, 11) is 0. The molecule has 0 aliphatic rings. The van der Waals surface area contributed by atoms with Crippen LogP contribution in [0, 0.1) is 0 Å². The molecule has 1 heterocycles. The summed E-state index contributed by atoms with van der Waals surface area (Å²) in [4.78, 5) is 24.9. The Balaban J connectivity index is 3.24. The normalized spacial score (nSPS) is 12.6. The first-order valence-corrected chi connectivity index (χ1v) is 7.20. The monoisotopic (exact) mass is 353 g/mol. The molecule has 1 rings (SSSR count).